The molecule has 3 aliphatic heterocycles. The minimum atomic E-state index is 0.382. The molecule has 20 heavy (non-hydrogen) atoms. The van der Waals surface area contributed by atoms with Crippen LogP contribution in [0.2, 0.25) is 0 Å². The molecule has 3 nitrogen and oxygen atoms in total. The van der Waals surface area contributed by atoms with Crippen LogP contribution < -0.4 is 0 Å². The number of fused-ring (bicyclic) bond motifs is 4. The number of nitrogens with zero attached hydrogens (tertiary/aromatic N) is 2. The van der Waals surface area contributed by atoms with Crippen LogP contribution in [-0.2, 0) is 6.54 Å². The Balaban J connectivity index is 1.67. The van der Waals surface area contributed by atoms with Crippen LogP contribution in [0.1, 0.15) is 31.7 Å². The fourth-order valence-electron chi connectivity index (χ4n) is 3.88. The second kappa shape index (κ2) is 6.15. The third-order valence-electron chi connectivity index (χ3n) is 4.73. The van der Waals surface area contributed by atoms with Crippen LogP contribution in [0.25, 0.3) is 0 Å². The average molecular weight is 274 g/mol. The van der Waals surface area contributed by atoms with Crippen LogP contribution >= 0.6 is 0 Å². The van der Waals surface area contributed by atoms with Gasteiger partial charge in [-0.3, -0.25) is 9.80 Å². The molecule has 3 saturated heterocycles. The van der Waals surface area contributed by atoms with E-state index in [9.17, 15) is 5.11 Å². The van der Waals surface area contributed by atoms with Crippen LogP contribution in [0.15, 0.2) is 24.3 Å². The monoisotopic (exact) mass is 274 g/mol. The third-order valence-corrected chi connectivity index (χ3v) is 4.73. The molecule has 0 saturated carbocycles. The number of hydrogen-bond acceptors (Lipinski definition) is 3. The normalized spacial score (nSPS) is 27.6. The van der Waals surface area contributed by atoms with E-state index in [1.165, 1.54) is 51.0 Å². The van der Waals surface area contributed by atoms with E-state index in [1.54, 1.807) is 6.07 Å². The fraction of sp³-hybridized carbons (Fsp3) is 0.647. The quantitative estimate of drug-likeness (QED) is 0.914. The van der Waals surface area contributed by atoms with Gasteiger partial charge < -0.3 is 5.11 Å². The van der Waals surface area contributed by atoms with Crippen LogP contribution in [0.5, 0.6) is 5.75 Å². The van der Waals surface area contributed by atoms with Crippen molar-refractivity contribution in [2.45, 2.75) is 38.8 Å². The number of piperidine rings is 1. The maximum Gasteiger partial charge on any atom is 0.115 e. The van der Waals surface area contributed by atoms with E-state index >= 15 is 0 Å². The van der Waals surface area contributed by atoms with Gasteiger partial charge in [0.05, 0.1) is 0 Å². The second-order valence-electron chi connectivity index (χ2n) is 6.46. The number of rotatable bonds is 4. The van der Waals surface area contributed by atoms with Crippen molar-refractivity contribution in [3.63, 3.8) is 0 Å². The van der Waals surface area contributed by atoms with E-state index in [0.29, 0.717) is 5.75 Å². The third kappa shape index (κ3) is 3.15. The molecule has 2 bridgehead atoms. The zero-order valence-corrected chi connectivity index (χ0v) is 12.5. The van der Waals surface area contributed by atoms with E-state index in [0.717, 1.165) is 18.5 Å². The van der Waals surface area contributed by atoms with Crippen molar-refractivity contribution >= 4 is 0 Å². The van der Waals surface area contributed by atoms with E-state index < -0.39 is 0 Å². The lowest BCUT2D eigenvalue weighted by Crippen LogP contribution is -2.44. The van der Waals surface area contributed by atoms with Gasteiger partial charge in [0, 0.05) is 32.2 Å². The van der Waals surface area contributed by atoms with Gasteiger partial charge >= 0.3 is 0 Å². The topological polar surface area (TPSA) is 26.7 Å². The zero-order chi connectivity index (χ0) is 13.9. The molecule has 110 valence electrons. The van der Waals surface area contributed by atoms with Gasteiger partial charge in [-0.05, 0) is 49.4 Å². The molecule has 4 rings (SSSR count). The van der Waals surface area contributed by atoms with Gasteiger partial charge in [0.2, 0.25) is 0 Å². The smallest absolute Gasteiger partial charge is 0.115 e. The van der Waals surface area contributed by atoms with Crippen LogP contribution in [-0.4, -0.2) is 47.1 Å². The minimum absolute atomic E-state index is 0.382. The van der Waals surface area contributed by atoms with E-state index in [2.05, 4.69) is 22.8 Å². The van der Waals surface area contributed by atoms with Gasteiger partial charge in [-0.2, -0.15) is 0 Å². The molecule has 3 heterocycles. The van der Waals surface area contributed by atoms with Crippen molar-refractivity contribution in [2.24, 2.45) is 5.92 Å². The second-order valence-corrected chi connectivity index (χ2v) is 6.46. The highest BCUT2D eigenvalue weighted by Crippen LogP contribution is 2.29. The van der Waals surface area contributed by atoms with Crippen molar-refractivity contribution in [1.29, 1.82) is 0 Å². The van der Waals surface area contributed by atoms with E-state index in [4.69, 9.17) is 0 Å². The van der Waals surface area contributed by atoms with Gasteiger partial charge in [0.25, 0.3) is 0 Å². The Bertz CT molecular complexity index is 448. The van der Waals surface area contributed by atoms with Gasteiger partial charge in [-0.25, -0.2) is 0 Å². The number of phenolic OH excluding ortho intramolecular Hbond substituents is 1. The summed E-state index contributed by atoms with van der Waals surface area (Å²) in [6.07, 6.45) is 4.01. The highest BCUT2D eigenvalue weighted by Gasteiger charge is 2.33. The Morgan fingerprint density at radius 2 is 2.10 bits per heavy atom. The lowest BCUT2D eigenvalue weighted by atomic mass is 9.95. The Morgan fingerprint density at radius 1 is 1.20 bits per heavy atom. The molecule has 1 aromatic rings. The molecule has 2 atom stereocenters. The lowest BCUT2D eigenvalue weighted by Gasteiger charge is -2.35. The standard InChI is InChI=1S/C17H26N2O/c1-2-8-19-12-15-6-7-16(19)13-18(11-15)10-14-4-3-5-17(20)9-14/h3-5,9,15-16,20H,2,6-8,10-13H2,1H3/t15-,16+/m1/s1. The molecule has 0 amide bonds. The molecule has 0 radical (unpaired) electrons. The number of phenols is 1. The van der Waals surface area contributed by atoms with Crippen molar-refractivity contribution in [3.8, 4) is 5.75 Å². The largest absolute Gasteiger partial charge is 0.508 e. The molecule has 0 unspecified atom stereocenters. The van der Waals surface area contributed by atoms with Crippen molar-refractivity contribution < 1.29 is 5.11 Å². The molecule has 0 aromatic heterocycles. The number of benzene rings is 1. The average Bonchev–Trinajstić information content (AvgIpc) is 2.69. The fourth-order valence-corrected chi connectivity index (χ4v) is 3.88. The molecule has 3 fully saturated rings. The van der Waals surface area contributed by atoms with Crippen molar-refractivity contribution in [1.82, 2.24) is 9.80 Å². The summed E-state index contributed by atoms with van der Waals surface area (Å²) < 4.78 is 0. The molecule has 0 aliphatic carbocycles. The van der Waals surface area contributed by atoms with Gasteiger partial charge in [-0.15, -0.1) is 0 Å². The van der Waals surface area contributed by atoms with Gasteiger partial charge in [-0.1, -0.05) is 19.1 Å². The number of hydrogen-bond donors (Lipinski definition) is 1. The summed E-state index contributed by atoms with van der Waals surface area (Å²) in [7, 11) is 0. The summed E-state index contributed by atoms with van der Waals surface area (Å²) in [5, 5.41) is 9.60. The number of aromatic hydroxyl groups is 1. The van der Waals surface area contributed by atoms with Crippen LogP contribution in [0.3, 0.4) is 0 Å². The van der Waals surface area contributed by atoms with Gasteiger partial charge in [0.1, 0.15) is 5.75 Å². The van der Waals surface area contributed by atoms with E-state index in [-0.39, 0.29) is 0 Å². The summed E-state index contributed by atoms with van der Waals surface area (Å²) in [5.74, 6) is 1.21. The maximum absolute atomic E-state index is 9.60. The molecular weight excluding hydrogens is 248 g/mol. The molecule has 1 aromatic carbocycles. The summed E-state index contributed by atoms with van der Waals surface area (Å²) in [5.41, 5.74) is 1.23. The first kappa shape index (κ1) is 13.9. The first-order valence-electron chi connectivity index (χ1n) is 7.99. The summed E-state index contributed by atoms with van der Waals surface area (Å²) >= 11 is 0. The Labute approximate surface area is 122 Å². The van der Waals surface area contributed by atoms with Crippen molar-refractivity contribution in [3.05, 3.63) is 29.8 Å². The SMILES string of the molecule is CCCN1C[C@@H]2CC[C@H]1CN(Cc1cccc(O)c1)C2. The van der Waals surface area contributed by atoms with Crippen molar-refractivity contribution in [2.75, 3.05) is 26.2 Å². The molecule has 3 aliphatic rings. The first-order valence-corrected chi connectivity index (χ1v) is 7.99. The highest BCUT2D eigenvalue weighted by atomic mass is 16.3. The Morgan fingerprint density at radius 3 is 2.90 bits per heavy atom. The predicted octanol–water partition coefficient (Wildman–Crippen LogP) is 2.70. The Hall–Kier alpha value is -1.06. The first-order chi connectivity index (χ1) is 9.74. The van der Waals surface area contributed by atoms with Crippen LogP contribution in [0.4, 0.5) is 0 Å². The minimum Gasteiger partial charge on any atom is -0.508 e. The summed E-state index contributed by atoms with van der Waals surface area (Å²) in [6.45, 7) is 8.19. The Kier molecular flexibility index (Phi) is 4.27. The molecule has 3 heteroatoms. The molecule has 1 N–H and O–H groups in total. The molecular formula is C17H26N2O. The summed E-state index contributed by atoms with van der Waals surface area (Å²) in [4.78, 5) is 5.30. The maximum atomic E-state index is 9.60. The zero-order valence-electron chi connectivity index (χ0n) is 12.5. The highest BCUT2D eigenvalue weighted by molar-refractivity contribution is 5.27. The van der Waals surface area contributed by atoms with Gasteiger partial charge in [0.15, 0.2) is 0 Å². The molecule has 0 spiro atoms. The van der Waals surface area contributed by atoms with Crippen LogP contribution in [0, 0.1) is 5.92 Å². The lowest BCUT2D eigenvalue weighted by molar-refractivity contribution is 0.131. The predicted molar refractivity (Wildman–Crippen MR) is 81.8 cm³/mol. The summed E-state index contributed by atoms with van der Waals surface area (Å²) in [6, 6.07) is 8.46. The van der Waals surface area contributed by atoms with E-state index in [1.807, 2.05) is 12.1 Å².